The molecule has 0 saturated heterocycles. The van der Waals surface area contributed by atoms with Crippen LogP contribution < -0.4 is 5.06 Å². The highest BCUT2D eigenvalue weighted by Crippen LogP contribution is 2.67. The van der Waals surface area contributed by atoms with E-state index in [1.165, 1.54) is 63.5 Å². The molecule has 0 N–H and O–H groups in total. The van der Waals surface area contributed by atoms with Crippen molar-refractivity contribution in [2.45, 2.75) is 77.7 Å². The van der Waals surface area contributed by atoms with Gasteiger partial charge >= 0.3 is 0 Å². The van der Waals surface area contributed by atoms with Gasteiger partial charge in [0, 0.05) is 4.47 Å². The van der Waals surface area contributed by atoms with E-state index < -0.39 is 0 Å². The summed E-state index contributed by atoms with van der Waals surface area (Å²) in [5.41, 5.74) is 3.79. The molecule has 1 aromatic rings. The van der Waals surface area contributed by atoms with Crippen LogP contribution in [0.15, 0.2) is 40.4 Å². The van der Waals surface area contributed by atoms with Crippen molar-refractivity contribution in [2.24, 2.45) is 34.5 Å². The largest absolute Gasteiger partial charge is 0.265 e. The lowest BCUT2D eigenvalue weighted by molar-refractivity contribution is -0.0981. The van der Waals surface area contributed by atoms with Crippen molar-refractivity contribution in [3.8, 4) is 0 Å². The molecule has 0 amide bonds. The molecule has 7 atom stereocenters. The van der Waals surface area contributed by atoms with Gasteiger partial charge in [0.05, 0.1) is 12.2 Å². The minimum atomic E-state index is 0.285. The predicted molar refractivity (Wildman–Crippen MR) is 126 cm³/mol. The zero-order chi connectivity index (χ0) is 20.5. The first-order valence-corrected chi connectivity index (χ1v) is 13.2. The highest BCUT2D eigenvalue weighted by molar-refractivity contribution is 9.10. The highest BCUT2D eigenvalue weighted by atomic mass is 79.9. The second kappa shape index (κ2) is 7.10. The number of halogens is 1. The van der Waals surface area contributed by atoms with Gasteiger partial charge in [-0.25, -0.2) is 5.06 Å². The molecule has 0 aromatic heterocycles. The number of hydrogen-bond acceptors (Lipinski definition) is 2. The molecular formula is C27H36BrNO. The normalized spacial score (nSPS) is 45.1. The maximum absolute atomic E-state index is 6.65. The molecule has 3 heteroatoms. The summed E-state index contributed by atoms with van der Waals surface area (Å²) in [5.74, 6) is 3.69. The summed E-state index contributed by atoms with van der Waals surface area (Å²) >= 11 is 3.55. The van der Waals surface area contributed by atoms with E-state index in [1.807, 2.05) is 0 Å². The molecule has 5 aliphatic rings. The fourth-order valence-electron chi connectivity index (χ4n) is 8.75. The van der Waals surface area contributed by atoms with Gasteiger partial charge in [0.25, 0.3) is 0 Å². The minimum absolute atomic E-state index is 0.285. The average Bonchev–Trinajstić information content (AvgIpc) is 3.06. The Morgan fingerprint density at radius 3 is 2.63 bits per heavy atom. The van der Waals surface area contributed by atoms with Gasteiger partial charge in [-0.05, 0) is 109 Å². The molecule has 4 fully saturated rings. The second-order valence-corrected chi connectivity index (χ2v) is 12.3. The predicted octanol–water partition coefficient (Wildman–Crippen LogP) is 7.54. The third-order valence-electron chi connectivity index (χ3n) is 10.3. The molecule has 1 unspecified atom stereocenters. The summed E-state index contributed by atoms with van der Waals surface area (Å²) in [4.78, 5) is 6.65. The Kier molecular flexibility index (Phi) is 4.70. The van der Waals surface area contributed by atoms with Crippen LogP contribution >= 0.6 is 15.9 Å². The van der Waals surface area contributed by atoms with E-state index in [1.54, 1.807) is 5.57 Å². The topological polar surface area (TPSA) is 12.5 Å². The van der Waals surface area contributed by atoms with Gasteiger partial charge in [-0.3, -0.25) is 4.84 Å². The Morgan fingerprint density at radius 1 is 0.967 bits per heavy atom. The summed E-state index contributed by atoms with van der Waals surface area (Å²) < 4.78 is 1.12. The molecule has 4 saturated carbocycles. The quantitative estimate of drug-likeness (QED) is 0.393. The van der Waals surface area contributed by atoms with E-state index in [4.69, 9.17) is 4.84 Å². The molecule has 0 spiro atoms. The Balaban J connectivity index is 1.27. The molecule has 6 rings (SSSR count). The molecule has 0 bridgehead atoms. The highest BCUT2D eigenvalue weighted by Gasteiger charge is 2.61. The molecular weight excluding hydrogens is 434 g/mol. The van der Waals surface area contributed by atoms with E-state index in [-0.39, 0.29) is 6.10 Å². The molecule has 1 heterocycles. The summed E-state index contributed by atoms with van der Waals surface area (Å²) in [6.07, 6.45) is 15.8. The third kappa shape index (κ3) is 2.83. The third-order valence-corrected chi connectivity index (χ3v) is 10.8. The van der Waals surface area contributed by atoms with Crippen LogP contribution in [0, 0.1) is 34.5 Å². The molecule has 4 aliphatic carbocycles. The van der Waals surface area contributed by atoms with Crippen molar-refractivity contribution in [2.75, 3.05) is 11.6 Å². The first-order valence-electron chi connectivity index (χ1n) is 12.4. The number of nitrogens with zero attached hydrogens (tertiary/aromatic N) is 1. The monoisotopic (exact) mass is 469 g/mol. The Labute approximate surface area is 190 Å². The smallest absolute Gasteiger partial charge is 0.108 e. The summed E-state index contributed by atoms with van der Waals surface area (Å²) in [5, 5.41) is 2.12. The Hall–Kier alpha value is -0.800. The van der Waals surface area contributed by atoms with Crippen molar-refractivity contribution in [1.29, 1.82) is 0 Å². The molecule has 1 aliphatic heterocycles. The fourth-order valence-corrected chi connectivity index (χ4v) is 9.01. The van der Waals surface area contributed by atoms with Crippen LogP contribution in [-0.2, 0) is 4.84 Å². The van der Waals surface area contributed by atoms with Crippen LogP contribution in [0.2, 0.25) is 0 Å². The number of hydroxylamine groups is 1. The average molecular weight is 470 g/mol. The van der Waals surface area contributed by atoms with Gasteiger partial charge in [0.2, 0.25) is 0 Å². The van der Waals surface area contributed by atoms with Gasteiger partial charge in [-0.15, -0.1) is 0 Å². The van der Waals surface area contributed by atoms with Gasteiger partial charge in [-0.2, -0.15) is 0 Å². The Morgan fingerprint density at radius 2 is 1.80 bits per heavy atom. The first-order chi connectivity index (χ1) is 14.5. The molecule has 0 radical (unpaired) electrons. The SMILES string of the molecule is C[C@]12CCCCC1CC[C@@H]1[C@@H]2CC[C@]2(C)C3=CCN(c4ccc(Br)cc4)O[C@H]3C[C@@H]12. The maximum atomic E-state index is 6.65. The van der Waals surface area contributed by atoms with E-state index >= 15 is 0 Å². The molecule has 30 heavy (non-hydrogen) atoms. The first kappa shape index (κ1) is 19.9. The van der Waals surface area contributed by atoms with Crippen molar-refractivity contribution in [3.05, 3.63) is 40.4 Å². The van der Waals surface area contributed by atoms with Crippen molar-refractivity contribution < 1.29 is 4.84 Å². The van der Waals surface area contributed by atoms with Gasteiger partial charge in [0.1, 0.15) is 6.10 Å². The molecule has 1 aromatic carbocycles. The summed E-state index contributed by atoms with van der Waals surface area (Å²) in [6, 6.07) is 8.55. The van der Waals surface area contributed by atoms with Gasteiger partial charge < -0.3 is 0 Å². The number of rotatable bonds is 1. The van der Waals surface area contributed by atoms with Crippen LogP contribution in [0.1, 0.15) is 71.6 Å². The lowest BCUT2D eigenvalue weighted by Crippen LogP contribution is -2.52. The lowest BCUT2D eigenvalue weighted by atomic mass is 9.45. The summed E-state index contributed by atoms with van der Waals surface area (Å²) in [7, 11) is 0. The van der Waals surface area contributed by atoms with Crippen LogP contribution in [0.3, 0.4) is 0 Å². The second-order valence-electron chi connectivity index (χ2n) is 11.4. The Bertz CT molecular complexity index is 849. The zero-order valence-electron chi connectivity index (χ0n) is 18.6. The van der Waals surface area contributed by atoms with Crippen LogP contribution in [0.5, 0.6) is 0 Å². The minimum Gasteiger partial charge on any atom is -0.265 e. The zero-order valence-corrected chi connectivity index (χ0v) is 20.2. The van der Waals surface area contributed by atoms with Crippen molar-refractivity contribution >= 4 is 21.6 Å². The maximum Gasteiger partial charge on any atom is 0.108 e. The van der Waals surface area contributed by atoms with Crippen LogP contribution in [0.25, 0.3) is 0 Å². The number of hydrogen-bond donors (Lipinski definition) is 0. The van der Waals surface area contributed by atoms with Gasteiger partial charge in [0.15, 0.2) is 0 Å². The summed E-state index contributed by atoms with van der Waals surface area (Å²) in [6.45, 7) is 6.15. The van der Waals surface area contributed by atoms with Crippen molar-refractivity contribution in [1.82, 2.24) is 0 Å². The molecule has 162 valence electrons. The van der Waals surface area contributed by atoms with E-state index in [0.717, 1.165) is 34.7 Å². The van der Waals surface area contributed by atoms with E-state index in [0.29, 0.717) is 10.8 Å². The fraction of sp³-hybridized carbons (Fsp3) is 0.704. The number of anilines is 1. The van der Waals surface area contributed by atoms with E-state index in [9.17, 15) is 0 Å². The lowest BCUT2D eigenvalue weighted by Gasteiger charge is -2.60. The molecule has 2 nitrogen and oxygen atoms in total. The number of benzene rings is 1. The number of fused-ring (bicyclic) bond motifs is 7. The van der Waals surface area contributed by atoms with E-state index in [2.05, 4.69) is 65.2 Å². The van der Waals surface area contributed by atoms with Crippen molar-refractivity contribution in [3.63, 3.8) is 0 Å². The standard InChI is InChI=1S/C27H36BrNO/c1-26-14-4-3-5-18(26)6-11-21-22(26)12-15-27(2)23-13-16-29(30-25(23)17-24(21)27)20-9-7-19(28)8-10-20/h7-10,13,18,21-22,24-25H,3-6,11-12,14-17H2,1-2H3/t18?,21-,22+,24+,25+,26+,27-/m1/s1. The van der Waals surface area contributed by atoms with Gasteiger partial charge in [-0.1, -0.05) is 48.7 Å². The van der Waals surface area contributed by atoms with Crippen LogP contribution in [0.4, 0.5) is 5.69 Å². The van der Waals surface area contributed by atoms with Crippen LogP contribution in [-0.4, -0.2) is 12.6 Å².